The van der Waals surface area contributed by atoms with Crippen molar-refractivity contribution in [2.75, 3.05) is 5.32 Å². The van der Waals surface area contributed by atoms with Crippen molar-refractivity contribution in [2.45, 2.75) is 13.5 Å². The molecule has 4 nitrogen and oxygen atoms in total. The fourth-order valence-electron chi connectivity index (χ4n) is 1.54. The number of hydrogen-bond donors (Lipinski definition) is 1. The fraction of sp³-hybridized carbons (Fsp3) is 0.167. The van der Waals surface area contributed by atoms with Gasteiger partial charge < -0.3 is 5.32 Å². The summed E-state index contributed by atoms with van der Waals surface area (Å²) in [7, 11) is 0. The first kappa shape index (κ1) is 12.9. The van der Waals surface area contributed by atoms with E-state index in [4.69, 9.17) is 11.6 Å². The molecule has 1 aromatic carbocycles. The lowest BCUT2D eigenvalue weighted by molar-refractivity contribution is -0.380. The lowest BCUT2D eigenvalue weighted by Gasteiger charge is -2.09. The van der Waals surface area contributed by atoms with E-state index in [-0.39, 0.29) is 9.92 Å². The quantitative estimate of drug-likeness (QED) is 0.674. The molecule has 0 aliphatic carbocycles. The van der Waals surface area contributed by atoms with E-state index in [9.17, 15) is 10.1 Å². The maximum atomic E-state index is 10.6. The minimum atomic E-state index is -0.376. The van der Waals surface area contributed by atoms with E-state index in [0.29, 0.717) is 11.6 Å². The number of rotatable bonds is 4. The second kappa shape index (κ2) is 5.37. The van der Waals surface area contributed by atoms with Crippen LogP contribution in [0.1, 0.15) is 10.4 Å². The van der Waals surface area contributed by atoms with E-state index in [1.807, 2.05) is 25.1 Å². The minimum absolute atomic E-state index is 0.162. The number of anilines is 1. The van der Waals surface area contributed by atoms with Crippen LogP contribution in [0.2, 0.25) is 5.02 Å². The van der Waals surface area contributed by atoms with Crippen LogP contribution in [-0.2, 0) is 6.54 Å². The first-order valence-electron chi connectivity index (χ1n) is 5.30. The van der Waals surface area contributed by atoms with Crippen molar-refractivity contribution in [3.05, 3.63) is 55.9 Å². The summed E-state index contributed by atoms with van der Waals surface area (Å²) in [6.07, 6.45) is 0. The summed E-state index contributed by atoms with van der Waals surface area (Å²) in [5.74, 6) is 0. The van der Waals surface area contributed by atoms with Crippen molar-refractivity contribution in [2.24, 2.45) is 0 Å². The summed E-state index contributed by atoms with van der Waals surface area (Å²) >= 11 is 7.19. The van der Waals surface area contributed by atoms with Crippen molar-refractivity contribution in [3.8, 4) is 0 Å². The number of nitro groups is 1. The molecule has 0 spiro atoms. The van der Waals surface area contributed by atoms with Gasteiger partial charge in [-0.25, -0.2) is 0 Å². The highest BCUT2D eigenvalue weighted by atomic mass is 35.5. The summed E-state index contributed by atoms with van der Waals surface area (Å²) in [6, 6.07) is 8.91. The molecule has 0 amide bonds. The Morgan fingerprint density at radius 3 is 2.83 bits per heavy atom. The molecule has 18 heavy (non-hydrogen) atoms. The number of nitrogens with zero attached hydrogens (tertiary/aromatic N) is 1. The summed E-state index contributed by atoms with van der Waals surface area (Å²) < 4.78 is 0. The molecule has 0 aliphatic rings. The maximum absolute atomic E-state index is 10.6. The van der Waals surface area contributed by atoms with Crippen LogP contribution in [0.25, 0.3) is 0 Å². The smallest absolute Gasteiger partial charge is 0.324 e. The molecule has 0 saturated heterocycles. The first-order chi connectivity index (χ1) is 8.58. The Balaban J connectivity index is 2.07. The lowest BCUT2D eigenvalue weighted by atomic mass is 10.2. The summed E-state index contributed by atoms with van der Waals surface area (Å²) in [5, 5.41) is 14.7. The molecule has 1 heterocycles. The Morgan fingerprint density at radius 2 is 2.17 bits per heavy atom. The number of thiophene rings is 1. The largest absolute Gasteiger partial charge is 0.380 e. The third-order valence-corrected chi connectivity index (χ3v) is 3.99. The van der Waals surface area contributed by atoms with Crippen LogP contribution in [0.5, 0.6) is 0 Å². The van der Waals surface area contributed by atoms with Crippen LogP contribution in [0.3, 0.4) is 0 Å². The van der Waals surface area contributed by atoms with E-state index in [2.05, 4.69) is 5.32 Å². The number of hydrogen-bond acceptors (Lipinski definition) is 4. The predicted molar refractivity (Wildman–Crippen MR) is 74.5 cm³/mol. The molecule has 0 aliphatic heterocycles. The van der Waals surface area contributed by atoms with Gasteiger partial charge in [-0.3, -0.25) is 10.1 Å². The van der Waals surface area contributed by atoms with Crippen LogP contribution in [0.15, 0.2) is 30.3 Å². The Kier molecular flexibility index (Phi) is 3.84. The minimum Gasteiger partial charge on any atom is -0.380 e. The summed E-state index contributed by atoms with van der Waals surface area (Å²) in [5.41, 5.74) is 1.92. The molecule has 2 aromatic rings. The molecule has 6 heteroatoms. The molecule has 0 unspecified atom stereocenters. The molecule has 2 rings (SSSR count). The Morgan fingerprint density at radius 1 is 1.39 bits per heavy atom. The maximum Gasteiger partial charge on any atom is 0.324 e. The van der Waals surface area contributed by atoms with Gasteiger partial charge in [0.2, 0.25) is 0 Å². The standard InChI is InChI=1S/C12H11ClN2O2S/c1-8-10(13)3-2-4-11(8)14-7-9-5-6-12(18-9)15(16)17/h2-6,14H,7H2,1H3. The molecule has 1 aromatic heterocycles. The Bertz CT molecular complexity index is 583. The van der Waals surface area contributed by atoms with Gasteiger partial charge in [0.05, 0.1) is 4.92 Å². The van der Waals surface area contributed by atoms with E-state index < -0.39 is 0 Å². The Hall–Kier alpha value is -1.59. The Labute approximate surface area is 113 Å². The molecule has 0 radical (unpaired) electrons. The molecular weight excluding hydrogens is 272 g/mol. The molecule has 0 saturated carbocycles. The van der Waals surface area contributed by atoms with Crippen molar-refractivity contribution in [3.63, 3.8) is 0 Å². The van der Waals surface area contributed by atoms with Gasteiger partial charge in [0, 0.05) is 28.2 Å². The van der Waals surface area contributed by atoms with Crippen molar-refractivity contribution in [1.29, 1.82) is 0 Å². The van der Waals surface area contributed by atoms with Gasteiger partial charge in [-0.05, 0) is 30.7 Å². The van der Waals surface area contributed by atoms with Crippen LogP contribution >= 0.6 is 22.9 Å². The van der Waals surface area contributed by atoms with Gasteiger partial charge in [0.25, 0.3) is 0 Å². The highest BCUT2D eigenvalue weighted by Gasteiger charge is 2.09. The van der Waals surface area contributed by atoms with Gasteiger partial charge in [-0.1, -0.05) is 29.0 Å². The summed E-state index contributed by atoms with van der Waals surface area (Å²) in [6.45, 7) is 2.49. The second-order valence-electron chi connectivity index (χ2n) is 3.76. The van der Waals surface area contributed by atoms with Crippen LogP contribution in [0, 0.1) is 17.0 Å². The van der Waals surface area contributed by atoms with Gasteiger partial charge >= 0.3 is 5.00 Å². The van der Waals surface area contributed by atoms with Gasteiger partial charge in [0.15, 0.2) is 0 Å². The van der Waals surface area contributed by atoms with E-state index in [1.165, 1.54) is 17.4 Å². The molecule has 0 atom stereocenters. The van der Waals surface area contributed by atoms with Gasteiger partial charge in [0.1, 0.15) is 0 Å². The molecule has 0 fully saturated rings. The fourth-order valence-corrected chi connectivity index (χ4v) is 2.48. The monoisotopic (exact) mass is 282 g/mol. The third-order valence-electron chi connectivity index (χ3n) is 2.55. The summed E-state index contributed by atoms with van der Waals surface area (Å²) in [4.78, 5) is 11.1. The second-order valence-corrected chi connectivity index (χ2v) is 5.32. The SMILES string of the molecule is Cc1c(Cl)cccc1NCc1ccc([N+](=O)[O-])s1. The van der Waals surface area contributed by atoms with Gasteiger partial charge in [-0.15, -0.1) is 0 Å². The zero-order chi connectivity index (χ0) is 13.1. The van der Waals surface area contributed by atoms with Crippen LogP contribution in [-0.4, -0.2) is 4.92 Å². The van der Waals surface area contributed by atoms with Crippen LogP contribution < -0.4 is 5.32 Å². The topological polar surface area (TPSA) is 55.2 Å². The zero-order valence-corrected chi connectivity index (χ0v) is 11.2. The molecule has 1 N–H and O–H groups in total. The van der Waals surface area contributed by atoms with Gasteiger partial charge in [-0.2, -0.15) is 0 Å². The van der Waals surface area contributed by atoms with E-state index in [0.717, 1.165) is 16.1 Å². The molecular formula is C12H11ClN2O2S. The number of nitrogens with one attached hydrogen (secondary N) is 1. The highest BCUT2D eigenvalue weighted by Crippen LogP contribution is 2.27. The normalized spacial score (nSPS) is 10.3. The van der Waals surface area contributed by atoms with Crippen molar-refractivity contribution >= 4 is 33.6 Å². The average molecular weight is 283 g/mol. The third kappa shape index (κ3) is 2.80. The van der Waals surface area contributed by atoms with Crippen molar-refractivity contribution < 1.29 is 4.92 Å². The van der Waals surface area contributed by atoms with E-state index >= 15 is 0 Å². The molecule has 94 valence electrons. The lowest BCUT2D eigenvalue weighted by Crippen LogP contribution is -1.99. The van der Waals surface area contributed by atoms with Crippen LogP contribution in [0.4, 0.5) is 10.7 Å². The number of benzene rings is 1. The van der Waals surface area contributed by atoms with E-state index in [1.54, 1.807) is 6.07 Å². The predicted octanol–water partition coefficient (Wildman–Crippen LogP) is 4.23. The zero-order valence-electron chi connectivity index (χ0n) is 9.64. The molecule has 0 bridgehead atoms. The van der Waals surface area contributed by atoms with Crippen molar-refractivity contribution in [1.82, 2.24) is 0 Å². The number of halogens is 1. The highest BCUT2D eigenvalue weighted by molar-refractivity contribution is 7.15. The first-order valence-corrected chi connectivity index (χ1v) is 6.49. The average Bonchev–Trinajstić information content (AvgIpc) is 2.80.